The molecule has 2 aliphatic heterocycles. The van der Waals surface area contributed by atoms with Gasteiger partial charge in [-0.1, -0.05) is 90.5 Å². The van der Waals surface area contributed by atoms with Crippen LogP contribution in [0.1, 0.15) is 48.8 Å². The lowest BCUT2D eigenvalue weighted by molar-refractivity contribution is -0.139. The monoisotopic (exact) mass is 646 g/mol. The highest BCUT2D eigenvalue weighted by atomic mass is 35.5. The first-order valence-corrected chi connectivity index (χ1v) is 16.4. The van der Waals surface area contributed by atoms with Crippen molar-refractivity contribution < 1.29 is 14.3 Å². The minimum Gasteiger partial charge on any atom is -0.462 e. The van der Waals surface area contributed by atoms with E-state index in [1.807, 2.05) is 91.5 Å². The van der Waals surface area contributed by atoms with E-state index in [-0.39, 0.29) is 18.4 Å². The van der Waals surface area contributed by atoms with Crippen LogP contribution in [-0.2, 0) is 14.3 Å². The van der Waals surface area contributed by atoms with E-state index in [0.29, 0.717) is 54.5 Å². The van der Waals surface area contributed by atoms with Gasteiger partial charge in [0.05, 0.1) is 18.1 Å². The fraction of sp³-hybridized carbons (Fsp3) is 0.256. The van der Waals surface area contributed by atoms with Gasteiger partial charge in [0.2, 0.25) is 0 Å². The first-order chi connectivity index (χ1) is 22.9. The molecule has 8 heteroatoms. The van der Waals surface area contributed by atoms with Crippen LogP contribution in [-0.4, -0.2) is 54.5 Å². The smallest absolute Gasteiger partial charge is 0.336 e. The highest BCUT2D eigenvalue weighted by Crippen LogP contribution is 2.40. The lowest BCUT2D eigenvalue weighted by atomic mass is 9.79. The third-order valence-electron chi connectivity index (χ3n) is 8.98. The Labute approximate surface area is 281 Å². The van der Waals surface area contributed by atoms with Crippen molar-refractivity contribution in [3.8, 4) is 0 Å². The predicted octanol–water partition coefficient (Wildman–Crippen LogP) is 7.08. The summed E-state index contributed by atoms with van der Waals surface area (Å²) >= 11 is 6.48. The highest BCUT2D eigenvalue weighted by Gasteiger charge is 2.39. The Bertz CT molecular complexity index is 1730. The molecule has 2 aliphatic rings. The summed E-state index contributed by atoms with van der Waals surface area (Å²) in [6.07, 6.45) is 2.39. The largest absolute Gasteiger partial charge is 0.462 e. The number of carbonyl (C=O) groups is 2. The summed E-state index contributed by atoms with van der Waals surface area (Å²) in [5.74, 6) is -0.221. The van der Waals surface area contributed by atoms with Crippen molar-refractivity contribution in [1.82, 2.24) is 15.2 Å². The summed E-state index contributed by atoms with van der Waals surface area (Å²) in [7, 11) is 0. The van der Waals surface area contributed by atoms with Crippen LogP contribution in [0.2, 0.25) is 5.02 Å². The maximum atomic E-state index is 14.4. The van der Waals surface area contributed by atoms with Crippen LogP contribution in [0, 0.1) is 0 Å². The van der Waals surface area contributed by atoms with Gasteiger partial charge in [0.1, 0.15) is 5.82 Å². The summed E-state index contributed by atoms with van der Waals surface area (Å²) in [6, 6.07) is 33.8. The van der Waals surface area contributed by atoms with Crippen molar-refractivity contribution in [2.45, 2.75) is 32.1 Å². The maximum Gasteiger partial charge on any atom is 0.336 e. The molecule has 3 aromatic carbocycles. The van der Waals surface area contributed by atoms with E-state index in [1.54, 1.807) is 12.3 Å². The van der Waals surface area contributed by atoms with Crippen molar-refractivity contribution in [1.29, 1.82) is 0 Å². The average Bonchev–Trinajstić information content (AvgIpc) is 3.10. The van der Waals surface area contributed by atoms with E-state index in [1.165, 1.54) is 0 Å². The van der Waals surface area contributed by atoms with Crippen molar-refractivity contribution >= 4 is 29.3 Å². The maximum absolute atomic E-state index is 14.4. The Hall–Kier alpha value is -4.88. The number of anilines is 1. The van der Waals surface area contributed by atoms with Crippen LogP contribution in [0.3, 0.4) is 0 Å². The van der Waals surface area contributed by atoms with Crippen LogP contribution < -0.4 is 10.2 Å². The Morgan fingerprint density at radius 3 is 2.09 bits per heavy atom. The van der Waals surface area contributed by atoms with E-state index < -0.39 is 11.9 Å². The predicted molar refractivity (Wildman–Crippen MR) is 186 cm³/mol. The molecule has 1 amide bonds. The molecule has 1 fully saturated rings. The van der Waals surface area contributed by atoms with Gasteiger partial charge in [0.25, 0.3) is 5.91 Å². The molecular formula is C39H39ClN4O3. The van der Waals surface area contributed by atoms with Crippen molar-refractivity contribution in [3.63, 3.8) is 0 Å². The summed E-state index contributed by atoms with van der Waals surface area (Å²) in [6.45, 7) is 6.38. The molecular weight excluding hydrogens is 608 g/mol. The number of piperazine rings is 1. The van der Waals surface area contributed by atoms with Gasteiger partial charge < -0.3 is 19.9 Å². The number of rotatable bonds is 9. The number of amides is 1. The molecule has 4 aromatic rings. The molecule has 3 heterocycles. The van der Waals surface area contributed by atoms with Gasteiger partial charge in [0.15, 0.2) is 0 Å². The molecule has 1 unspecified atom stereocenters. The van der Waals surface area contributed by atoms with Crippen LogP contribution in [0.4, 0.5) is 5.82 Å². The number of hydrogen-bond donors (Lipinski definition) is 1. The molecule has 0 saturated carbocycles. The average molecular weight is 647 g/mol. The van der Waals surface area contributed by atoms with Crippen molar-refractivity contribution in [2.24, 2.45) is 0 Å². The molecule has 1 N–H and O–H groups in total. The minimum absolute atomic E-state index is 0.0671. The van der Waals surface area contributed by atoms with Crippen LogP contribution in [0.5, 0.6) is 0 Å². The lowest BCUT2D eigenvalue weighted by Gasteiger charge is -2.38. The van der Waals surface area contributed by atoms with E-state index >= 15 is 0 Å². The summed E-state index contributed by atoms with van der Waals surface area (Å²) < 4.78 is 6.05. The fourth-order valence-corrected chi connectivity index (χ4v) is 6.86. The number of ether oxygens (including phenoxy) is 1. The van der Waals surface area contributed by atoms with Gasteiger partial charge in [0, 0.05) is 60.3 Å². The first kappa shape index (κ1) is 32.1. The van der Waals surface area contributed by atoms with Gasteiger partial charge in [-0.2, -0.15) is 0 Å². The number of esters is 1. The zero-order valence-electron chi connectivity index (χ0n) is 26.7. The van der Waals surface area contributed by atoms with Crippen LogP contribution in [0.25, 0.3) is 0 Å². The molecule has 1 aromatic heterocycles. The topological polar surface area (TPSA) is 74.8 Å². The van der Waals surface area contributed by atoms with Gasteiger partial charge >= 0.3 is 5.97 Å². The van der Waals surface area contributed by atoms with E-state index in [0.717, 1.165) is 28.2 Å². The molecule has 1 saturated heterocycles. The zero-order valence-corrected chi connectivity index (χ0v) is 27.5. The van der Waals surface area contributed by atoms with Crippen molar-refractivity contribution in [2.75, 3.05) is 37.7 Å². The number of allylic oxidation sites excluding steroid dienone is 2. The Morgan fingerprint density at radius 1 is 0.830 bits per heavy atom. The molecule has 240 valence electrons. The van der Waals surface area contributed by atoms with Gasteiger partial charge in [-0.3, -0.25) is 4.79 Å². The number of pyridine rings is 1. The molecule has 7 nitrogen and oxygen atoms in total. The Balaban J connectivity index is 1.23. The normalized spacial score (nSPS) is 16.7. The molecule has 0 bridgehead atoms. The number of carbonyl (C=O) groups excluding carboxylic acids is 2. The second-order valence-corrected chi connectivity index (χ2v) is 12.4. The number of hydrogen-bond acceptors (Lipinski definition) is 6. The van der Waals surface area contributed by atoms with Gasteiger partial charge in [-0.15, -0.1) is 0 Å². The standard InChI is InChI=1S/C39H39ClN4O3/c1-27-35(38(45)44-23-21-43(22-24-44)34-18-9-10-20-41-34)37(31-16-11-17-32(40)26-31)36(28(2)42-27)39(46)47-25-19-33(29-12-5-3-6-13-29)30-14-7-4-8-15-30/h3-18,20,26,33,37,42H,19,21-25H2,1-2H3. The van der Waals surface area contributed by atoms with E-state index in [2.05, 4.69) is 39.5 Å². The van der Waals surface area contributed by atoms with E-state index in [9.17, 15) is 9.59 Å². The number of nitrogens with one attached hydrogen (secondary N) is 1. The summed E-state index contributed by atoms with van der Waals surface area (Å²) in [5, 5.41) is 3.87. The highest BCUT2D eigenvalue weighted by molar-refractivity contribution is 6.30. The SMILES string of the molecule is CC1=C(C(=O)OCCC(c2ccccc2)c2ccccc2)C(c2cccc(Cl)c2)C(C(=O)N2CCN(c3ccccn3)CC2)=C(C)N1. The molecule has 47 heavy (non-hydrogen) atoms. The number of nitrogens with zero attached hydrogens (tertiary/aromatic N) is 3. The van der Waals surface area contributed by atoms with Crippen LogP contribution in [0.15, 0.2) is 132 Å². The van der Waals surface area contributed by atoms with Gasteiger partial charge in [-0.25, -0.2) is 9.78 Å². The molecule has 0 spiro atoms. The second-order valence-electron chi connectivity index (χ2n) is 12.0. The molecule has 6 rings (SSSR count). The Kier molecular flexibility index (Phi) is 10.0. The molecule has 1 atom stereocenters. The first-order valence-electron chi connectivity index (χ1n) is 16.1. The number of benzene rings is 3. The number of dihydropyridines is 1. The van der Waals surface area contributed by atoms with Crippen molar-refractivity contribution in [3.05, 3.63) is 154 Å². The Morgan fingerprint density at radius 2 is 1.47 bits per heavy atom. The van der Waals surface area contributed by atoms with Gasteiger partial charge in [-0.05, 0) is 61.2 Å². The summed E-state index contributed by atoms with van der Waals surface area (Å²) in [4.78, 5) is 36.9. The second kappa shape index (κ2) is 14.7. The van der Waals surface area contributed by atoms with E-state index in [4.69, 9.17) is 16.3 Å². The summed E-state index contributed by atoms with van der Waals surface area (Å²) in [5.41, 5.74) is 5.43. The third kappa shape index (κ3) is 7.26. The lowest BCUT2D eigenvalue weighted by Crippen LogP contribution is -2.50. The number of halogens is 1. The van der Waals surface area contributed by atoms with Crippen LogP contribution >= 0.6 is 11.6 Å². The minimum atomic E-state index is -0.636. The fourth-order valence-electron chi connectivity index (χ4n) is 6.66. The number of aromatic nitrogens is 1. The quantitative estimate of drug-likeness (QED) is 0.196. The third-order valence-corrected chi connectivity index (χ3v) is 9.21. The molecule has 0 aliphatic carbocycles. The zero-order chi connectivity index (χ0) is 32.8. The molecule has 0 radical (unpaired) electrons.